The molecule has 2 heterocycles. The molecule has 2 aromatic rings. The fourth-order valence-corrected chi connectivity index (χ4v) is 2.80. The average Bonchev–Trinajstić information content (AvgIpc) is 3.17. The highest BCUT2D eigenvalue weighted by molar-refractivity contribution is 7.09. The van der Waals surface area contributed by atoms with Crippen molar-refractivity contribution in [1.29, 1.82) is 0 Å². The summed E-state index contributed by atoms with van der Waals surface area (Å²) in [5.41, 5.74) is 1.69. The molecule has 0 spiro atoms. The van der Waals surface area contributed by atoms with E-state index in [1.165, 1.54) is 0 Å². The van der Waals surface area contributed by atoms with Crippen molar-refractivity contribution in [1.82, 2.24) is 5.32 Å². The van der Waals surface area contributed by atoms with E-state index < -0.39 is 6.10 Å². The zero-order valence-electron chi connectivity index (χ0n) is 11.1. The summed E-state index contributed by atoms with van der Waals surface area (Å²) in [5, 5.41) is 9.51. The second kappa shape index (κ2) is 6.28. The molecule has 1 aliphatic rings. The molecule has 1 N–H and O–H groups in total. The zero-order chi connectivity index (χ0) is 14.7. The van der Waals surface area contributed by atoms with Gasteiger partial charge in [-0.2, -0.15) is 0 Å². The van der Waals surface area contributed by atoms with Crippen LogP contribution in [-0.4, -0.2) is 17.7 Å². The molecule has 0 bridgehead atoms. The molecule has 108 valence electrons. The number of nitrogens with zero attached hydrogens (tertiary/aromatic N) is 1. The van der Waals surface area contributed by atoms with Gasteiger partial charge >= 0.3 is 0 Å². The van der Waals surface area contributed by atoms with Crippen molar-refractivity contribution in [2.45, 2.75) is 19.1 Å². The van der Waals surface area contributed by atoms with Gasteiger partial charge in [-0.15, -0.1) is 11.3 Å². The molecule has 0 radical (unpaired) electrons. The summed E-state index contributed by atoms with van der Waals surface area (Å²) < 4.78 is 0. The molecule has 1 amide bonds. The van der Waals surface area contributed by atoms with Crippen LogP contribution in [0.25, 0.3) is 0 Å². The van der Waals surface area contributed by atoms with Gasteiger partial charge in [-0.1, -0.05) is 35.0 Å². The molecule has 0 saturated carbocycles. The van der Waals surface area contributed by atoms with E-state index in [4.69, 9.17) is 16.4 Å². The van der Waals surface area contributed by atoms with Gasteiger partial charge in [0.15, 0.2) is 0 Å². The molecule has 0 fully saturated rings. The van der Waals surface area contributed by atoms with Crippen molar-refractivity contribution >= 4 is 34.6 Å². The highest BCUT2D eigenvalue weighted by Gasteiger charge is 2.28. The van der Waals surface area contributed by atoms with E-state index in [1.807, 2.05) is 29.6 Å². The fraction of sp³-hybridized carbons (Fsp3) is 0.200. The van der Waals surface area contributed by atoms with Crippen LogP contribution in [0.2, 0.25) is 5.02 Å². The fourth-order valence-electron chi connectivity index (χ4n) is 2.03. The van der Waals surface area contributed by atoms with Crippen LogP contribution in [0, 0.1) is 0 Å². The number of carbonyl (C=O) groups is 1. The maximum Gasteiger partial charge on any atom is 0.264 e. The number of nitrogens with one attached hydrogen (secondary N) is 1. The van der Waals surface area contributed by atoms with Gasteiger partial charge in [0.25, 0.3) is 5.91 Å². The first-order chi connectivity index (χ1) is 10.2. The minimum Gasteiger partial charge on any atom is -0.382 e. The first-order valence-corrected chi connectivity index (χ1v) is 7.77. The van der Waals surface area contributed by atoms with E-state index >= 15 is 0 Å². The number of carbonyl (C=O) groups excluding carboxylic acids is 1. The number of halogens is 1. The SMILES string of the molecule is O=C(NCc1cccs1)[C@@H]1CC(c2ccc(Cl)cc2)=NO1. The largest absolute Gasteiger partial charge is 0.382 e. The Labute approximate surface area is 131 Å². The summed E-state index contributed by atoms with van der Waals surface area (Å²) in [6.45, 7) is 0.520. The lowest BCUT2D eigenvalue weighted by atomic mass is 10.0. The van der Waals surface area contributed by atoms with Crippen LogP contribution in [0.3, 0.4) is 0 Å². The van der Waals surface area contributed by atoms with E-state index in [0.29, 0.717) is 18.0 Å². The summed E-state index contributed by atoms with van der Waals surface area (Å²) in [4.78, 5) is 18.4. The second-order valence-corrected chi connectivity index (χ2v) is 6.11. The molecule has 1 aromatic carbocycles. The lowest BCUT2D eigenvalue weighted by Crippen LogP contribution is -2.34. The maximum atomic E-state index is 12.0. The van der Waals surface area contributed by atoms with Crippen LogP contribution in [0.1, 0.15) is 16.9 Å². The van der Waals surface area contributed by atoms with E-state index in [-0.39, 0.29) is 5.91 Å². The van der Waals surface area contributed by atoms with Crippen LogP contribution in [0.5, 0.6) is 0 Å². The van der Waals surface area contributed by atoms with Gasteiger partial charge in [0, 0.05) is 16.3 Å². The number of amides is 1. The third-order valence-corrected chi connectivity index (χ3v) is 4.28. The Kier molecular flexibility index (Phi) is 4.22. The van der Waals surface area contributed by atoms with Crippen LogP contribution in [0.15, 0.2) is 46.9 Å². The Morgan fingerprint density at radius 2 is 2.19 bits per heavy atom. The normalized spacial score (nSPS) is 17.2. The molecule has 21 heavy (non-hydrogen) atoms. The number of hydrogen-bond donors (Lipinski definition) is 1. The molecule has 6 heteroatoms. The van der Waals surface area contributed by atoms with Gasteiger partial charge in [-0.05, 0) is 29.1 Å². The summed E-state index contributed by atoms with van der Waals surface area (Å²) in [6.07, 6.45) is -0.0894. The highest BCUT2D eigenvalue weighted by atomic mass is 35.5. The molecule has 0 aliphatic carbocycles. The van der Waals surface area contributed by atoms with Crippen LogP contribution >= 0.6 is 22.9 Å². The average molecular weight is 321 g/mol. The first-order valence-electron chi connectivity index (χ1n) is 6.51. The number of benzene rings is 1. The number of hydrogen-bond acceptors (Lipinski definition) is 4. The monoisotopic (exact) mass is 320 g/mol. The van der Waals surface area contributed by atoms with Gasteiger partial charge in [-0.25, -0.2) is 0 Å². The van der Waals surface area contributed by atoms with Gasteiger partial charge in [-0.3, -0.25) is 4.79 Å². The third-order valence-electron chi connectivity index (χ3n) is 3.16. The predicted molar refractivity (Wildman–Crippen MR) is 83.6 cm³/mol. The quantitative estimate of drug-likeness (QED) is 0.940. The van der Waals surface area contributed by atoms with E-state index in [1.54, 1.807) is 23.5 Å². The van der Waals surface area contributed by atoms with Gasteiger partial charge < -0.3 is 10.2 Å². The standard InChI is InChI=1S/C15H13ClN2O2S/c16-11-5-3-10(4-6-11)13-8-14(20-18-13)15(19)17-9-12-2-1-7-21-12/h1-7,14H,8-9H2,(H,17,19)/t14-/m0/s1. The topological polar surface area (TPSA) is 50.7 Å². The Bertz CT molecular complexity index is 653. The minimum absolute atomic E-state index is 0.142. The smallest absolute Gasteiger partial charge is 0.264 e. The summed E-state index contributed by atoms with van der Waals surface area (Å²) in [5.74, 6) is -0.142. The molecule has 1 atom stereocenters. The van der Waals surface area contributed by atoms with Crippen LogP contribution < -0.4 is 5.32 Å². The molecule has 0 unspecified atom stereocenters. The molecular formula is C15H13ClN2O2S. The van der Waals surface area contributed by atoms with Crippen molar-refractivity contribution in [2.24, 2.45) is 5.16 Å². The predicted octanol–water partition coefficient (Wildman–Crippen LogP) is 3.21. The van der Waals surface area contributed by atoms with E-state index in [0.717, 1.165) is 16.2 Å². The van der Waals surface area contributed by atoms with E-state index in [2.05, 4.69) is 10.5 Å². The molecule has 4 nitrogen and oxygen atoms in total. The van der Waals surface area contributed by atoms with Crippen LogP contribution in [-0.2, 0) is 16.2 Å². The lowest BCUT2D eigenvalue weighted by Gasteiger charge is -2.08. The lowest BCUT2D eigenvalue weighted by molar-refractivity contribution is -0.131. The number of thiophene rings is 1. The Balaban J connectivity index is 1.55. The molecular weight excluding hydrogens is 308 g/mol. The number of rotatable bonds is 4. The Morgan fingerprint density at radius 3 is 2.90 bits per heavy atom. The van der Waals surface area contributed by atoms with Crippen LogP contribution in [0.4, 0.5) is 0 Å². The van der Waals surface area contributed by atoms with E-state index in [9.17, 15) is 4.79 Å². The number of oxime groups is 1. The van der Waals surface area contributed by atoms with Crippen molar-refractivity contribution in [2.75, 3.05) is 0 Å². The Morgan fingerprint density at radius 1 is 1.38 bits per heavy atom. The van der Waals surface area contributed by atoms with Crippen molar-refractivity contribution in [3.8, 4) is 0 Å². The highest BCUT2D eigenvalue weighted by Crippen LogP contribution is 2.19. The van der Waals surface area contributed by atoms with Gasteiger partial charge in [0.05, 0.1) is 12.3 Å². The summed E-state index contributed by atoms with van der Waals surface area (Å²) in [6, 6.07) is 11.3. The summed E-state index contributed by atoms with van der Waals surface area (Å²) in [7, 11) is 0. The molecule has 1 aromatic heterocycles. The zero-order valence-corrected chi connectivity index (χ0v) is 12.7. The minimum atomic E-state index is -0.560. The van der Waals surface area contributed by atoms with Gasteiger partial charge in [0.2, 0.25) is 6.10 Å². The molecule has 3 rings (SSSR count). The maximum absolute atomic E-state index is 12.0. The third kappa shape index (κ3) is 3.43. The summed E-state index contributed by atoms with van der Waals surface area (Å²) >= 11 is 7.46. The Hall–Kier alpha value is -1.85. The second-order valence-electron chi connectivity index (χ2n) is 4.64. The van der Waals surface area contributed by atoms with Crippen molar-refractivity contribution in [3.63, 3.8) is 0 Å². The molecule has 0 saturated heterocycles. The first kappa shape index (κ1) is 14.1. The van der Waals surface area contributed by atoms with Crippen molar-refractivity contribution < 1.29 is 9.63 Å². The molecule has 1 aliphatic heterocycles. The van der Waals surface area contributed by atoms with Gasteiger partial charge in [0.1, 0.15) is 0 Å². The van der Waals surface area contributed by atoms with Crippen molar-refractivity contribution in [3.05, 3.63) is 57.2 Å².